The van der Waals surface area contributed by atoms with Crippen molar-refractivity contribution in [2.45, 2.75) is 32.9 Å². The predicted molar refractivity (Wildman–Crippen MR) is 152 cm³/mol. The Bertz CT molecular complexity index is 1430. The SMILES string of the molecule is CC(=O)Nc1ccc(N2C(=S)N[C@H](c3ccccn3)[C@@H]2c2cc(C)n(-c3cccc(Br)c3)c2C)cc1. The van der Waals surface area contributed by atoms with E-state index in [4.69, 9.17) is 12.2 Å². The molecule has 8 heteroatoms. The highest BCUT2D eigenvalue weighted by atomic mass is 79.9. The number of amides is 1. The Morgan fingerprint density at radius 3 is 2.47 bits per heavy atom. The summed E-state index contributed by atoms with van der Waals surface area (Å²) in [4.78, 5) is 18.3. The molecule has 3 heterocycles. The van der Waals surface area contributed by atoms with Gasteiger partial charge in [-0.05, 0) is 92.3 Å². The van der Waals surface area contributed by atoms with E-state index in [0.717, 1.165) is 38.6 Å². The lowest BCUT2D eigenvalue weighted by Gasteiger charge is -2.28. The molecule has 182 valence electrons. The molecule has 0 unspecified atom stereocenters. The highest BCUT2D eigenvalue weighted by molar-refractivity contribution is 9.10. The zero-order valence-corrected chi connectivity index (χ0v) is 22.6. The van der Waals surface area contributed by atoms with Gasteiger partial charge < -0.3 is 20.1 Å². The van der Waals surface area contributed by atoms with Crippen LogP contribution in [0, 0.1) is 13.8 Å². The molecule has 2 N–H and O–H groups in total. The van der Waals surface area contributed by atoms with Gasteiger partial charge in [0, 0.05) is 46.0 Å². The van der Waals surface area contributed by atoms with Crippen LogP contribution in [0.4, 0.5) is 11.4 Å². The van der Waals surface area contributed by atoms with Crippen molar-refractivity contribution >= 4 is 50.5 Å². The number of halogens is 1. The van der Waals surface area contributed by atoms with Crippen LogP contribution in [0.25, 0.3) is 5.69 Å². The number of pyridine rings is 1. The maximum absolute atomic E-state index is 11.5. The number of nitrogens with zero attached hydrogens (tertiary/aromatic N) is 3. The molecule has 2 aromatic carbocycles. The van der Waals surface area contributed by atoms with Crippen molar-refractivity contribution < 1.29 is 4.79 Å². The summed E-state index contributed by atoms with van der Waals surface area (Å²) in [6.07, 6.45) is 1.81. The molecule has 1 aliphatic rings. The van der Waals surface area contributed by atoms with E-state index >= 15 is 0 Å². The van der Waals surface area contributed by atoms with Crippen molar-refractivity contribution in [3.8, 4) is 5.69 Å². The Labute approximate surface area is 224 Å². The predicted octanol–water partition coefficient (Wildman–Crippen LogP) is 6.39. The quantitative estimate of drug-likeness (QED) is 0.277. The fraction of sp³-hybridized carbons (Fsp3) is 0.179. The van der Waals surface area contributed by atoms with Gasteiger partial charge in [-0.2, -0.15) is 0 Å². The van der Waals surface area contributed by atoms with Gasteiger partial charge in [0.15, 0.2) is 5.11 Å². The molecular formula is C28H26BrN5OS. The minimum absolute atomic E-state index is 0.103. The monoisotopic (exact) mass is 559 g/mol. The Morgan fingerprint density at radius 1 is 1.03 bits per heavy atom. The van der Waals surface area contributed by atoms with Crippen LogP contribution >= 0.6 is 28.1 Å². The summed E-state index contributed by atoms with van der Waals surface area (Å²) in [5.74, 6) is -0.103. The molecule has 2 atom stereocenters. The number of hydrogen-bond acceptors (Lipinski definition) is 3. The zero-order valence-electron chi connectivity index (χ0n) is 20.2. The van der Waals surface area contributed by atoms with E-state index < -0.39 is 0 Å². The lowest BCUT2D eigenvalue weighted by Crippen LogP contribution is -2.29. The number of rotatable bonds is 5. The number of thiocarbonyl (C=S) groups is 1. The average Bonchev–Trinajstić information content (AvgIpc) is 3.35. The highest BCUT2D eigenvalue weighted by Crippen LogP contribution is 2.44. The molecule has 0 bridgehead atoms. The molecule has 1 saturated heterocycles. The molecule has 0 radical (unpaired) electrons. The normalized spacial score (nSPS) is 17.2. The summed E-state index contributed by atoms with van der Waals surface area (Å²) in [6.45, 7) is 5.78. The Balaban J connectivity index is 1.63. The summed E-state index contributed by atoms with van der Waals surface area (Å²) in [5, 5.41) is 6.99. The van der Waals surface area contributed by atoms with Gasteiger partial charge in [0.25, 0.3) is 0 Å². The van der Waals surface area contributed by atoms with E-state index in [2.05, 4.69) is 73.1 Å². The molecular weight excluding hydrogens is 534 g/mol. The molecule has 0 aliphatic carbocycles. The first kappa shape index (κ1) is 24.2. The van der Waals surface area contributed by atoms with E-state index in [1.54, 1.807) is 0 Å². The van der Waals surface area contributed by atoms with Crippen molar-refractivity contribution in [3.05, 3.63) is 106 Å². The molecule has 0 spiro atoms. The van der Waals surface area contributed by atoms with Gasteiger partial charge in [0.1, 0.15) is 0 Å². The fourth-order valence-electron chi connectivity index (χ4n) is 4.96. The molecule has 1 amide bonds. The Hall–Kier alpha value is -3.49. The van der Waals surface area contributed by atoms with Gasteiger partial charge in [-0.1, -0.05) is 28.1 Å². The number of aromatic nitrogens is 2. The molecule has 4 aromatic rings. The van der Waals surface area contributed by atoms with Crippen LogP contribution < -0.4 is 15.5 Å². The van der Waals surface area contributed by atoms with Gasteiger partial charge in [-0.3, -0.25) is 9.78 Å². The maximum atomic E-state index is 11.5. The van der Waals surface area contributed by atoms with Crippen molar-refractivity contribution in [1.82, 2.24) is 14.9 Å². The Kier molecular flexibility index (Phi) is 6.64. The third-order valence-corrected chi connectivity index (χ3v) is 7.23. The molecule has 6 nitrogen and oxygen atoms in total. The number of benzene rings is 2. The first-order valence-electron chi connectivity index (χ1n) is 11.7. The average molecular weight is 561 g/mol. The lowest BCUT2D eigenvalue weighted by atomic mass is 9.96. The first-order chi connectivity index (χ1) is 17.3. The van der Waals surface area contributed by atoms with E-state index in [0.29, 0.717) is 5.11 Å². The number of nitrogens with one attached hydrogen (secondary N) is 2. The van der Waals surface area contributed by atoms with E-state index in [-0.39, 0.29) is 18.0 Å². The lowest BCUT2D eigenvalue weighted by molar-refractivity contribution is -0.114. The minimum Gasteiger partial charge on any atom is -0.351 e. The largest absolute Gasteiger partial charge is 0.351 e. The molecule has 1 fully saturated rings. The Morgan fingerprint density at radius 2 is 1.81 bits per heavy atom. The van der Waals surface area contributed by atoms with Crippen molar-refractivity contribution in [2.75, 3.05) is 10.2 Å². The van der Waals surface area contributed by atoms with Gasteiger partial charge in [-0.25, -0.2) is 0 Å². The number of carbonyl (C=O) groups is 1. The zero-order chi connectivity index (χ0) is 25.4. The van der Waals surface area contributed by atoms with Crippen molar-refractivity contribution in [3.63, 3.8) is 0 Å². The van der Waals surface area contributed by atoms with E-state index in [9.17, 15) is 4.79 Å². The second-order valence-corrected chi connectivity index (χ2v) is 10.2. The fourth-order valence-corrected chi connectivity index (χ4v) is 5.69. The molecule has 2 aromatic heterocycles. The number of carbonyl (C=O) groups excluding carboxylic acids is 1. The minimum atomic E-state index is -0.134. The van der Waals surface area contributed by atoms with Crippen LogP contribution in [0.5, 0.6) is 0 Å². The van der Waals surface area contributed by atoms with Crippen LogP contribution in [0.3, 0.4) is 0 Å². The highest BCUT2D eigenvalue weighted by Gasteiger charge is 2.42. The smallest absolute Gasteiger partial charge is 0.221 e. The maximum Gasteiger partial charge on any atom is 0.221 e. The van der Waals surface area contributed by atoms with Crippen molar-refractivity contribution in [2.24, 2.45) is 0 Å². The van der Waals surface area contributed by atoms with Gasteiger partial charge in [-0.15, -0.1) is 0 Å². The van der Waals surface area contributed by atoms with Crippen LogP contribution in [-0.4, -0.2) is 20.6 Å². The van der Waals surface area contributed by atoms with E-state index in [1.165, 1.54) is 12.5 Å². The second-order valence-electron chi connectivity index (χ2n) is 8.87. The van der Waals surface area contributed by atoms with Gasteiger partial charge in [0.2, 0.25) is 5.91 Å². The topological polar surface area (TPSA) is 62.2 Å². The summed E-state index contributed by atoms with van der Waals surface area (Å²) in [6, 6.07) is 24.0. The number of aryl methyl sites for hydroxylation is 1. The first-order valence-corrected chi connectivity index (χ1v) is 12.9. The van der Waals surface area contributed by atoms with Crippen LogP contribution in [0.15, 0.2) is 83.5 Å². The van der Waals surface area contributed by atoms with Gasteiger partial charge >= 0.3 is 0 Å². The summed E-state index contributed by atoms with van der Waals surface area (Å²) < 4.78 is 3.31. The third kappa shape index (κ3) is 4.54. The van der Waals surface area contributed by atoms with E-state index in [1.807, 2.05) is 60.8 Å². The van der Waals surface area contributed by atoms with Crippen LogP contribution in [0.2, 0.25) is 0 Å². The molecule has 36 heavy (non-hydrogen) atoms. The molecule has 1 aliphatic heterocycles. The number of hydrogen-bond donors (Lipinski definition) is 2. The second kappa shape index (κ2) is 9.87. The van der Waals surface area contributed by atoms with Crippen LogP contribution in [0.1, 0.15) is 41.7 Å². The summed E-state index contributed by atoms with van der Waals surface area (Å²) in [7, 11) is 0. The summed E-state index contributed by atoms with van der Waals surface area (Å²) in [5.41, 5.74) is 7.16. The van der Waals surface area contributed by atoms with Crippen molar-refractivity contribution in [1.29, 1.82) is 0 Å². The van der Waals surface area contributed by atoms with Crippen LogP contribution in [-0.2, 0) is 4.79 Å². The molecule has 0 saturated carbocycles. The molecule has 5 rings (SSSR count). The third-order valence-electron chi connectivity index (χ3n) is 6.42. The van der Waals surface area contributed by atoms with Gasteiger partial charge in [0.05, 0.1) is 17.8 Å². The number of anilines is 2. The standard InChI is InChI=1S/C28H26BrN5OS/c1-17-15-24(18(2)33(17)23-8-6-7-20(29)16-23)27-26(25-9-4-5-14-30-25)32-28(36)34(27)22-12-10-21(11-13-22)31-19(3)35/h4-16,26-27H,1-3H3,(H,31,35)(H,32,36)/t26-,27+/m1/s1. The summed E-state index contributed by atoms with van der Waals surface area (Å²) >= 11 is 9.48.